The third-order valence-electron chi connectivity index (χ3n) is 5.92. The fourth-order valence-electron chi connectivity index (χ4n) is 3.59. The summed E-state index contributed by atoms with van der Waals surface area (Å²) in [5.41, 5.74) is 2.39. The number of hydrogen-bond acceptors (Lipinski definition) is 7. The summed E-state index contributed by atoms with van der Waals surface area (Å²) in [4.78, 5) is 36.2. The summed E-state index contributed by atoms with van der Waals surface area (Å²) >= 11 is 7.35. The summed E-state index contributed by atoms with van der Waals surface area (Å²) in [7, 11) is 1.74. The molecule has 2 aliphatic rings. The molecule has 1 aromatic heterocycles. The van der Waals surface area contributed by atoms with Crippen molar-refractivity contribution in [2.75, 3.05) is 25.6 Å². The van der Waals surface area contributed by atoms with E-state index in [1.54, 1.807) is 24.2 Å². The lowest BCUT2D eigenvalue weighted by molar-refractivity contribution is 0.0887. The molecule has 0 unspecified atom stereocenters. The van der Waals surface area contributed by atoms with E-state index in [-0.39, 0.29) is 22.7 Å². The molecule has 0 spiro atoms. The molecule has 0 aliphatic carbocycles. The van der Waals surface area contributed by atoms with E-state index in [0.29, 0.717) is 42.0 Å². The Bertz CT molecular complexity index is 1070. The van der Waals surface area contributed by atoms with Gasteiger partial charge in [-0.2, -0.15) is 0 Å². The molecule has 2 amide bonds. The molecule has 3 heterocycles. The highest BCUT2D eigenvalue weighted by atomic mass is 35.5. The van der Waals surface area contributed by atoms with Gasteiger partial charge in [-0.15, -0.1) is 0 Å². The number of rotatable bonds is 4. The maximum Gasteiger partial charge on any atom is 0.302 e. The van der Waals surface area contributed by atoms with Crippen molar-refractivity contribution >= 4 is 40.6 Å². The van der Waals surface area contributed by atoms with Gasteiger partial charge in [-0.3, -0.25) is 13.9 Å². The minimum atomic E-state index is -0.326. The Morgan fingerprint density at radius 2 is 2.03 bits per heavy atom. The van der Waals surface area contributed by atoms with E-state index in [2.05, 4.69) is 15.3 Å². The molecule has 1 fully saturated rings. The Balaban J connectivity index is 1.52. The monoisotopic (exact) mass is 489 g/mol. The molecular weight excluding hydrogens is 462 g/mol. The van der Waals surface area contributed by atoms with Crippen molar-refractivity contribution in [2.45, 2.75) is 51.7 Å². The number of ether oxygens (including phenoxy) is 1. The molecule has 0 saturated carbocycles. The molecule has 2 aromatic rings. The van der Waals surface area contributed by atoms with Gasteiger partial charge in [0, 0.05) is 43.0 Å². The van der Waals surface area contributed by atoms with Crippen molar-refractivity contribution < 1.29 is 14.3 Å². The summed E-state index contributed by atoms with van der Waals surface area (Å²) < 4.78 is 6.90. The maximum absolute atomic E-state index is 13.0. The third kappa shape index (κ3) is 5.26. The summed E-state index contributed by atoms with van der Waals surface area (Å²) in [6.45, 7) is 7.66. The van der Waals surface area contributed by atoms with Gasteiger partial charge < -0.3 is 15.0 Å². The van der Waals surface area contributed by atoms with Crippen LogP contribution in [0.4, 0.5) is 10.7 Å². The van der Waals surface area contributed by atoms with Crippen molar-refractivity contribution in [1.29, 1.82) is 0 Å². The van der Waals surface area contributed by atoms with E-state index in [0.717, 1.165) is 35.9 Å². The molecule has 10 heteroatoms. The second-order valence-corrected chi connectivity index (χ2v) is 10.6. The Labute approximate surface area is 203 Å². The number of anilines is 1. The standard InChI is InChI=1S/C23H28ClN5O3S/c1-23(2,3)28(4)22(31)33-29-13-15-6-5-14(11-17(15)20(29)30)19-18(24)12-25-21(27-19)26-16-7-9-32-10-8-16/h5-6,11-12,16H,7-10,13H2,1-4H3,(H,25,26,27). The van der Waals surface area contributed by atoms with Crippen LogP contribution in [0.1, 0.15) is 49.5 Å². The van der Waals surface area contributed by atoms with Crippen LogP contribution in [0.3, 0.4) is 0 Å². The van der Waals surface area contributed by atoms with Gasteiger partial charge in [0.1, 0.15) is 0 Å². The number of fused-ring (bicyclic) bond motifs is 1. The van der Waals surface area contributed by atoms with Gasteiger partial charge in [0.15, 0.2) is 0 Å². The minimum absolute atomic E-state index is 0.174. The molecule has 176 valence electrons. The lowest BCUT2D eigenvalue weighted by Gasteiger charge is -2.32. The average Bonchev–Trinajstić information content (AvgIpc) is 3.09. The molecule has 33 heavy (non-hydrogen) atoms. The molecular formula is C23H28ClN5O3S. The molecule has 1 N–H and O–H groups in total. The summed E-state index contributed by atoms with van der Waals surface area (Å²) in [5.74, 6) is 0.305. The molecule has 1 saturated heterocycles. The first kappa shape index (κ1) is 23.8. The Morgan fingerprint density at radius 3 is 2.73 bits per heavy atom. The zero-order valence-electron chi connectivity index (χ0n) is 19.2. The maximum atomic E-state index is 13.0. The second kappa shape index (κ2) is 9.48. The van der Waals surface area contributed by atoms with Crippen LogP contribution in [0.2, 0.25) is 5.02 Å². The van der Waals surface area contributed by atoms with E-state index in [1.807, 2.05) is 32.9 Å². The molecule has 0 bridgehead atoms. The minimum Gasteiger partial charge on any atom is -0.381 e. The van der Waals surface area contributed by atoms with Crippen LogP contribution in [0, 0.1) is 0 Å². The lowest BCUT2D eigenvalue weighted by Crippen LogP contribution is -2.41. The van der Waals surface area contributed by atoms with Crippen LogP contribution in [0.15, 0.2) is 24.4 Å². The smallest absolute Gasteiger partial charge is 0.302 e. The van der Waals surface area contributed by atoms with E-state index in [1.165, 1.54) is 4.31 Å². The van der Waals surface area contributed by atoms with Crippen LogP contribution in [0.5, 0.6) is 0 Å². The predicted molar refractivity (Wildman–Crippen MR) is 130 cm³/mol. The first-order valence-corrected chi connectivity index (χ1v) is 12.1. The topological polar surface area (TPSA) is 87.7 Å². The normalized spacial score (nSPS) is 16.6. The highest BCUT2D eigenvalue weighted by Crippen LogP contribution is 2.35. The van der Waals surface area contributed by atoms with Crippen LogP contribution >= 0.6 is 23.5 Å². The highest BCUT2D eigenvalue weighted by molar-refractivity contribution is 8.11. The first-order chi connectivity index (χ1) is 15.6. The molecule has 0 atom stereocenters. The van der Waals surface area contributed by atoms with E-state index >= 15 is 0 Å². The van der Waals surface area contributed by atoms with Gasteiger partial charge in [-0.1, -0.05) is 23.7 Å². The van der Waals surface area contributed by atoms with Crippen molar-refractivity contribution in [3.8, 4) is 11.3 Å². The number of carbonyl (C=O) groups is 2. The fourth-order valence-corrected chi connectivity index (χ4v) is 4.76. The number of amides is 2. The Hall–Kier alpha value is -2.36. The summed E-state index contributed by atoms with van der Waals surface area (Å²) in [5, 5.41) is 3.58. The molecule has 2 aliphatic heterocycles. The van der Waals surface area contributed by atoms with Gasteiger partial charge in [0.2, 0.25) is 5.95 Å². The van der Waals surface area contributed by atoms with E-state index < -0.39 is 0 Å². The first-order valence-electron chi connectivity index (χ1n) is 10.9. The number of nitrogens with one attached hydrogen (secondary N) is 1. The van der Waals surface area contributed by atoms with Crippen LogP contribution in [-0.2, 0) is 11.3 Å². The van der Waals surface area contributed by atoms with Crippen molar-refractivity contribution in [3.05, 3.63) is 40.5 Å². The Morgan fingerprint density at radius 1 is 1.30 bits per heavy atom. The number of halogens is 1. The zero-order valence-corrected chi connectivity index (χ0v) is 20.8. The predicted octanol–water partition coefficient (Wildman–Crippen LogP) is 4.84. The quantitative estimate of drug-likeness (QED) is 0.614. The second-order valence-electron chi connectivity index (χ2n) is 9.22. The lowest BCUT2D eigenvalue weighted by atomic mass is 10.0. The summed E-state index contributed by atoms with van der Waals surface area (Å²) in [6.07, 6.45) is 3.36. The van der Waals surface area contributed by atoms with Crippen LogP contribution < -0.4 is 5.32 Å². The number of aromatic nitrogens is 2. The molecule has 0 radical (unpaired) electrons. The zero-order chi connectivity index (χ0) is 23.8. The molecule has 1 aromatic carbocycles. The largest absolute Gasteiger partial charge is 0.381 e. The number of benzene rings is 1. The number of hydrogen-bond donors (Lipinski definition) is 1. The average molecular weight is 490 g/mol. The SMILES string of the molecule is CN(C(=O)SN1Cc2ccc(-c3nc(NC4CCOCC4)ncc3Cl)cc2C1=O)C(C)(C)C. The van der Waals surface area contributed by atoms with Crippen LogP contribution in [-0.4, -0.2) is 62.2 Å². The molecule has 4 rings (SSSR count). The van der Waals surface area contributed by atoms with Gasteiger partial charge in [-0.25, -0.2) is 9.97 Å². The van der Waals surface area contributed by atoms with Gasteiger partial charge in [0.05, 0.1) is 35.4 Å². The van der Waals surface area contributed by atoms with Crippen molar-refractivity contribution in [3.63, 3.8) is 0 Å². The van der Waals surface area contributed by atoms with Gasteiger partial charge in [-0.05, 0) is 45.2 Å². The van der Waals surface area contributed by atoms with E-state index in [9.17, 15) is 9.59 Å². The summed E-state index contributed by atoms with van der Waals surface area (Å²) in [6, 6.07) is 5.84. The van der Waals surface area contributed by atoms with Crippen molar-refractivity contribution in [2.24, 2.45) is 0 Å². The highest BCUT2D eigenvalue weighted by Gasteiger charge is 2.33. The van der Waals surface area contributed by atoms with E-state index in [4.69, 9.17) is 16.3 Å². The Kier molecular flexibility index (Phi) is 6.83. The fraction of sp³-hybridized carbons (Fsp3) is 0.478. The van der Waals surface area contributed by atoms with Crippen molar-refractivity contribution in [1.82, 2.24) is 19.2 Å². The molecule has 8 nitrogen and oxygen atoms in total. The van der Waals surface area contributed by atoms with Crippen LogP contribution in [0.25, 0.3) is 11.3 Å². The number of nitrogens with zero attached hydrogens (tertiary/aromatic N) is 4. The van der Waals surface area contributed by atoms with Gasteiger partial charge >= 0.3 is 5.24 Å². The third-order valence-corrected chi connectivity index (χ3v) is 7.14. The number of carbonyl (C=O) groups excluding carboxylic acids is 2. The van der Waals surface area contributed by atoms with Gasteiger partial charge in [0.25, 0.3) is 5.91 Å².